The van der Waals surface area contributed by atoms with Gasteiger partial charge in [0.25, 0.3) is 0 Å². The van der Waals surface area contributed by atoms with Crippen LogP contribution in [0.5, 0.6) is 0 Å². The minimum absolute atomic E-state index is 0.179. The van der Waals surface area contributed by atoms with Gasteiger partial charge in [-0.1, -0.05) is 91.0 Å². The average molecular weight is 805 g/mol. The number of halogens is 3. The molecule has 8 aromatic carbocycles. The van der Waals surface area contributed by atoms with E-state index in [9.17, 15) is 23.7 Å². The van der Waals surface area contributed by atoms with Gasteiger partial charge in [0.15, 0.2) is 11.4 Å². The number of hydrogen-bond acceptors (Lipinski definition) is 2. The number of nitriles is 2. The summed E-state index contributed by atoms with van der Waals surface area (Å²) in [5, 5.41) is 24.6. The number of aromatic nitrogens is 2. The molecule has 0 spiro atoms. The van der Waals surface area contributed by atoms with E-state index in [-0.39, 0.29) is 11.3 Å². The molecule has 2 heterocycles. The van der Waals surface area contributed by atoms with Gasteiger partial charge in [0.05, 0.1) is 58.2 Å². The molecule has 6 nitrogen and oxygen atoms in total. The number of benzene rings is 8. The molecule has 0 aliphatic rings. The lowest BCUT2D eigenvalue weighted by molar-refractivity contribution is -0.137. The van der Waals surface area contributed by atoms with E-state index in [1.807, 2.05) is 118 Å². The zero-order chi connectivity index (χ0) is 42.7. The minimum atomic E-state index is -4.66. The number of nitrogens with zero attached hydrogens (tertiary/aromatic N) is 6. The van der Waals surface area contributed by atoms with Crippen LogP contribution in [0.3, 0.4) is 0 Å². The van der Waals surface area contributed by atoms with Crippen LogP contribution in [0.2, 0.25) is 0 Å². The summed E-state index contributed by atoms with van der Waals surface area (Å²) < 4.78 is 46.0. The van der Waals surface area contributed by atoms with Crippen molar-refractivity contribution in [1.29, 1.82) is 10.5 Å². The second-order valence-corrected chi connectivity index (χ2v) is 14.9. The van der Waals surface area contributed by atoms with E-state index in [4.69, 9.17) is 13.1 Å². The fourth-order valence-corrected chi connectivity index (χ4v) is 8.63. The zero-order valence-electron chi connectivity index (χ0n) is 32.4. The molecule has 10 rings (SSSR count). The summed E-state index contributed by atoms with van der Waals surface area (Å²) in [4.78, 5) is 7.20. The van der Waals surface area contributed by atoms with Crippen molar-refractivity contribution in [1.82, 2.24) is 9.13 Å². The Hall–Kier alpha value is -8.89. The summed E-state index contributed by atoms with van der Waals surface area (Å²) in [6.07, 6.45) is -4.66. The van der Waals surface area contributed by atoms with Crippen LogP contribution >= 0.6 is 0 Å². The highest BCUT2D eigenvalue weighted by Crippen LogP contribution is 2.44. The molecule has 10 aromatic rings. The summed E-state index contributed by atoms with van der Waals surface area (Å²) in [5.41, 5.74) is 8.58. The first-order valence-corrected chi connectivity index (χ1v) is 19.4. The molecule has 290 valence electrons. The van der Waals surface area contributed by atoms with Gasteiger partial charge in [-0.2, -0.15) is 23.7 Å². The molecule has 0 amide bonds. The Morgan fingerprint density at radius 1 is 0.468 bits per heavy atom. The Morgan fingerprint density at radius 2 is 1.02 bits per heavy atom. The van der Waals surface area contributed by atoms with Crippen molar-refractivity contribution in [2.45, 2.75) is 6.18 Å². The van der Waals surface area contributed by atoms with E-state index in [2.05, 4.69) is 34.0 Å². The van der Waals surface area contributed by atoms with Crippen LogP contribution in [0.1, 0.15) is 16.7 Å². The van der Waals surface area contributed by atoms with Crippen LogP contribution < -0.4 is 0 Å². The highest BCUT2D eigenvalue weighted by molar-refractivity contribution is 6.12. The van der Waals surface area contributed by atoms with E-state index in [1.54, 1.807) is 24.3 Å². The third-order valence-corrected chi connectivity index (χ3v) is 11.4. The third kappa shape index (κ3) is 6.01. The van der Waals surface area contributed by atoms with Gasteiger partial charge in [-0.25, -0.2) is 9.69 Å². The molecule has 0 N–H and O–H groups in total. The number of rotatable bonds is 5. The van der Waals surface area contributed by atoms with E-state index in [0.717, 1.165) is 78.0 Å². The highest BCUT2D eigenvalue weighted by atomic mass is 19.4. The predicted octanol–water partition coefficient (Wildman–Crippen LogP) is 14.7. The first-order valence-electron chi connectivity index (χ1n) is 19.4. The Labute approximate surface area is 353 Å². The SMILES string of the molecule is [C-]#[N+]c1cccc(-c2ccc3c(c2)c2ccccc2n3-c2cc(-c3ccc(C(F)(F)F)cc3[N+]#[C-])cc(-n3c4ccccc4c4cc(-c5cccc(C#N)c5)ccc43)c2C#N)c1. The van der Waals surface area contributed by atoms with E-state index in [0.29, 0.717) is 33.8 Å². The Kier molecular flexibility index (Phi) is 8.70. The van der Waals surface area contributed by atoms with Crippen LogP contribution in [0, 0.1) is 35.8 Å². The average Bonchev–Trinajstić information content (AvgIpc) is 3.82. The van der Waals surface area contributed by atoms with Crippen molar-refractivity contribution >= 4 is 55.0 Å². The van der Waals surface area contributed by atoms with Crippen molar-refractivity contribution in [3.05, 3.63) is 203 Å². The van der Waals surface area contributed by atoms with Gasteiger partial charge in [-0.05, 0) is 106 Å². The van der Waals surface area contributed by atoms with Crippen LogP contribution in [0.15, 0.2) is 164 Å². The second kappa shape index (κ2) is 14.4. The molecule has 62 heavy (non-hydrogen) atoms. The molecule has 0 radical (unpaired) electrons. The molecule has 0 bridgehead atoms. The molecular formula is C53H27F3N6. The van der Waals surface area contributed by atoms with Gasteiger partial charge < -0.3 is 9.13 Å². The molecule has 0 aliphatic carbocycles. The zero-order valence-corrected chi connectivity index (χ0v) is 32.4. The van der Waals surface area contributed by atoms with Crippen LogP contribution in [0.25, 0.3) is 98.1 Å². The summed E-state index contributed by atoms with van der Waals surface area (Å²) in [7, 11) is 0. The Morgan fingerprint density at radius 3 is 1.56 bits per heavy atom. The Bertz CT molecular complexity index is 3500. The predicted molar refractivity (Wildman–Crippen MR) is 238 cm³/mol. The summed E-state index contributed by atoms with van der Waals surface area (Å²) >= 11 is 0. The number of para-hydroxylation sites is 2. The van der Waals surface area contributed by atoms with Crippen molar-refractivity contribution < 1.29 is 13.2 Å². The first kappa shape index (κ1) is 37.4. The summed E-state index contributed by atoms with van der Waals surface area (Å²) in [6.45, 7) is 15.6. The van der Waals surface area contributed by atoms with E-state index in [1.165, 1.54) is 6.07 Å². The lowest BCUT2D eigenvalue weighted by Gasteiger charge is -2.19. The molecule has 2 aromatic heterocycles. The number of hydrogen-bond donors (Lipinski definition) is 0. The van der Waals surface area contributed by atoms with Gasteiger partial charge in [0, 0.05) is 27.1 Å². The van der Waals surface area contributed by atoms with Gasteiger partial charge in [0.1, 0.15) is 11.6 Å². The standard InChI is InChI=1S/C53H27F3N6/c1-59-39-12-8-11-34(24-39)36-18-22-50-44(26-36)42-14-4-6-16-48(42)62(50)52-28-37(40-20-19-38(53(54,55)56)29-46(40)60-2)27-51(45(52)31-58)61-47-15-5-3-13-41(47)43-25-35(17-21-49(43)61)33-10-7-9-32(23-33)30-57/h3-29H. The molecule has 0 saturated carbocycles. The fourth-order valence-electron chi connectivity index (χ4n) is 8.63. The monoisotopic (exact) mass is 804 g/mol. The maximum atomic E-state index is 14.0. The van der Waals surface area contributed by atoms with Crippen LogP contribution in [0.4, 0.5) is 24.5 Å². The highest BCUT2D eigenvalue weighted by Gasteiger charge is 2.31. The molecular weight excluding hydrogens is 778 g/mol. The molecule has 0 atom stereocenters. The quantitative estimate of drug-likeness (QED) is 0.163. The molecule has 0 unspecified atom stereocenters. The summed E-state index contributed by atoms with van der Waals surface area (Å²) in [5.74, 6) is 0. The van der Waals surface area contributed by atoms with Crippen molar-refractivity contribution in [2.75, 3.05) is 0 Å². The van der Waals surface area contributed by atoms with Gasteiger partial charge >= 0.3 is 6.18 Å². The smallest absolute Gasteiger partial charge is 0.308 e. The lowest BCUT2D eigenvalue weighted by Crippen LogP contribution is -2.06. The van der Waals surface area contributed by atoms with Crippen LogP contribution in [-0.2, 0) is 6.18 Å². The van der Waals surface area contributed by atoms with Crippen molar-refractivity contribution in [3.63, 3.8) is 0 Å². The molecule has 0 saturated heterocycles. The van der Waals surface area contributed by atoms with Crippen LogP contribution in [-0.4, -0.2) is 9.13 Å². The van der Waals surface area contributed by atoms with Gasteiger partial charge in [0.2, 0.25) is 0 Å². The fraction of sp³-hybridized carbons (Fsp3) is 0.0189. The van der Waals surface area contributed by atoms with E-state index >= 15 is 0 Å². The largest absolute Gasteiger partial charge is 0.415 e. The maximum Gasteiger partial charge on any atom is 0.415 e. The molecule has 9 heteroatoms. The third-order valence-electron chi connectivity index (χ3n) is 11.4. The first-order chi connectivity index (χ1) is 30.2. The number of fused-ring (bicyclic) bond motifs is 6. The van der Waals surface area contributed by atoms with Gasteiger partial charge in [-0.15, -0.1) is 0 Å². The molecule has 0 fully saturated rings. The van der Waals surface area contributed by atoms with Gasteiger partial charge in [-0.3, -0.25) is 0 Å². The topological polar surface area (TPSA) is 66.2 Å². The van der Waals surface area contributed by atoms with Crippen molar-refractivity contribution in [3.8, 4) is 56.9 Å². The molecule has 0 aliphatic heterocycles. The lowest BCUT2D eigenvalue weighted by atomic mass is 9.97. The number of alkyl halides is 3. The van der Waals surface area contributed by atoms with E-state index < -0.39 is 11.7 Å². The maximum absolute atomic E-state index is 14.0. The minimum Gasteiger partial charge on any atom is -0.308 e. The second-order valence-electron chi connectivity index (χ2n) is 14.9. The normalized spacial score (nSPS) is 11.4. The summed E-state index contributed by atoms with van der Waals surface area (Å²) in [6, 6.07) is 54.0. The van der Waals surface area contributed by atoms with Crippen molar-refractivity contribution in [2.24, 2.45) is 0 Å². The Balaban J connectivity index is 1.30.